The highest BCUT2D eigenvalue weighted by molar-refractivity contribution is 6.35. The van der Waals surface area contributed by atoms with Crippen LogP contribution in [0.1, 0.15) is 34.8 Å². The van der Waals surface area contributed by atoms with E-state index in [1.807, 2.05) is 4.90 Å². The van der Waals surface area contributed by atoms with E-state index in [1.165, 1.54) is 12.3 Å². The second kappa shape index (κ2) is 8.73. The van der Waals surface area contributed by atoms with E-state index in [4.69, 9.17) is 27.9 Å². The fourth-order valence-electron chi connectivity index (χ4n) is 3.97. The van der Waals surface area contributed by atoms with Crippen molar-refractivity contribution in [1.29, 1.82) is 0 Å². The van der Waals surface area contributed by atoms with E-state index in [2.05, 4.69) is 10.4 Å². The molecule has 0 unspecified atom stereocenters. The van der Waals surface area contributed by atoms with Crippen LogP contribution in [-0.4, -0.2) is 42.0 Å². The van der Waals surface area contributed by atoms with Gasteiger partial charge < -0.3 is 15.0 Å². The van der Waals surface area contributed by atoms with Crippen LogP contribution in [0.4, 0.5) is 15.8 Å². The highest BCUT2D eigenvalue weighted by Crippen LogP contribution is 2.43. The molecule has 166 valence electrons. The summed E-state index contributed by atoms with van der Waals surface area (Å²) in [5, 5.41) is 8.22. The molecule has 1 aliphatic carbocycles. The Morgan fingerprint density at radius 2 is 1.84 bits per heavy atom. The number of benzene rings is 2. The van der Waals surface area contributed by atoms with Gasteiger partial charge in [-0.25, -0.2) is 9.07 Å². The lowest BCUT2D eigenvalue weighted by molar-refractivity contribution is 0.102. The Labute approximate surface area is 194 Å². The molecule has 0 spiro atoms. The van der Waals surface area contributed by atoms with Crippen LogP contribution in [-0.2, 0) is 4.74 Å². The van der Waals surface area contributed by atoms with Crippen LogP contribution in [0.15, 0.2) is 42.6 Å². The first-order chi connectivity index (χ1) is 15.5. The Balaban J connectivity index is 1.40. The van der Waals surface area contributed by atoms with Crippen LogP contribution < -0.4 is 10.2 Å². The number of hydrogen-bond donors (Lipinski definition) is 1. The number of hydrogen-bond acceptors (Lipinski definition) is 4. The van der Waals surface area contributed by atoms with E-state index in [-0.39, 0.29) is 17.6 Å². The Hall–Kier alpha value is -2.61. The number of morpholine rings is 1. The molecule has 0 atom stereocenters. The van der Waals surface area contributed by atoms with Crippen molar-refractivity contribution in [3.8, 4) is 5.69 Å². The van der Waals surface area contributed by atoms with Crippen molar-refractivity contribution < 1.29 is 13.9 Å². The van der Waals surface area contributed by atoms with Crippen LogP contribution in [0.2, 0.25) is 10.0 Å². The lowest BCUT2D eigenvalue weighted by Gasteiger charge is -2.29. The monoisotopic (exact) mass is 474 g/mol. The second-order valence-corrected chi connectivity index (χ2v) is 8.79. The normalized spacial score (nSPS) is 16.3. The van der Waals surface area contributed by atoms with E-state index < -0.39 is 0 Å². The third-order valence-corrected chi connectivity index (χ3v) is 6.25. The van der Waals surface area contributed by atoms with Gasteiger partial charge >= 0.3 is 0 Å². The third-order valence-electron chi connectivity index (χ3n) is 5.71. The molecule has 0 radical (unpaired) electrons. The third kappa shape index (κ3) is 4.20. The minimum Gasteiger partial charge on any atom is -0.378 e. The number of rotatable bonds is 5. The standard InChI is InChI=1S/C23H21Cl2FN4O2/c24-15-3-5-20(18(25)11-15)30-22(14-1-2-14)17(13-27-30)23(31)28-16-4-6-21(19(26)12-16)29-7-9-32-10-8-29/h3-6,11-14H,1-2,7-10H2,(H,28,31). The number of anilines is 2. The molecule has 1 aliphatic heterocycles. The summed E-state index contributed by atoms with van der Waals surface area (Å²) >= 11 is 12.4. The molecular weight excluding hydrogens is 454 g/mol. The molecule has 2 fully saturated rings. The molecule has 2 aliphatic rings. The van der Waals surface area contributed by atoms with Crippen LogP contribution >= 0.6 is 23.2 Å². The van der Waals surface area contributed by atoms with Crippen molar-refractivity contribution in [3.05, 3.63) is 69.7 Å². The van der Waals surface area contributed by atoms with Crippen molar-refractivity contribution >= 4 is 40.5 Å². The summed E-state index contributed by atoms with van der Waals surface area (Å²) in [7, 11) is 0. The largest absolute Gasteiger partial charge is 0.378 e. The van der Waals surface area contributed by atoms with E-state index >= 15 is 0 Å². The number of carbonyl (C=O) groups excluding carboxylic acids is 1. The number of nitrogens with zero attached hydrogens (tertiary/aromatic N) is 3. The van der Waals surface area contributed by atoms with E-state index in [0.29, 0.717) is 59.0 Å². The summed E-state index contributed by atoms with van der Waals surface area (Å²) in [5.41, 5.74) is 2.82. The van der Waals surface area contributed by atoms with Gasteiger partial charge in [0.05, 0.1) is 47.1 Å². The lowest BCUT2D eigenvalue weighted by Crippen LogP contribution is -2.36. The number of halogens is 3. The molecule has 3 aromatic rings. The van der Waals surface area contributed by atoms with E-state index in [1.54, 1.807) is 35.0 Å². The molecule has 0 bridgehead atoms. The van der Waals surface area contributed by atoms with Crippen molar-refractivity contribution in [2.45, 2.75) is 18.8 Å². The summed E-state index contributed by atoms with van der Waals surface area (Å²) in [4.78, 5) is 15.0. The predicted octanol–water partition coefficient (Wildman–Crippen LogP) is 5.28. The minimum atomic E-state index is -0.379. The van der Waals surface area contributed by atoms with Gasteiger partial charge in [0.15, 0.2) is 0 Å². The van der Waals surface area contributed by atoms with E-state index in [9.17, 15) is 9.18 Å². The van der Waals surface area contributed by atoms with Crippen molar-refractivity contribution in [3.63, 3.8) is 0 Å². The summed E-state index contributed by atoms with van der Waals surface area (Å²) in [6.07, 6.45) is 3.48. The lowest BCUT2D eigenvalue weighted by atomic mass is 10.1. The van der Waals surface area contributed by atoms with Crippen LogP contribution in [0.5, 0.6) is 0 Å². The maximum atomic E-state index is 14.7. The molecular formula is C23H21Cl2FN4O2. The number of carbonyl (C=O) groups is 1. The number of amides is 1. The predicted molar refractivity (Wildman–Crippen MR) is 123 cm³/mol. The summed E-state index contributed by atoms with van der Waals surface area (Å²) in [6.45, 7) is 2.42. The topological polar surface area (TPSA) is 59.4 Å². The van der Waals surface area contributed by atoms with Gasteiger partial charge in [0.2, 0.25) is 0 Å². The molecule has 6 nitrogen and oxygen atoms in total. The molecule has 1 saturated carbocycles. The Bertz CT molecular complexity index is 1170. The van der Waals surface area contributed by atoms with Crippen molar-refractivity contribution in [1.82, 2.24) is 9.78 Å². The molecule has 1 N–H and O–H groups in total. The summed E-state index contributed by atoms with van der Waals surface area (Å²) in [6, 6.07) is 9.91. The van der Waals surface area contributed by atoms with Gasteiger partial charge in [0.1, 0.15) is 5.82 Å². The fourth-order valence-corrected chi connectivity index (χ4v) is 4.46. The van der Waals surface area contributed by atoms with Gasteiger partial charge in [-0.05, 0) is 49.2 Å². The van der Waals surface area contributed by atoms with Crippen molar-refractivity contribution in [2.24, 2.45) is 0 Å². The second-order valence-electron chi connectivity index (χ2n) is 7.95. The molecule has 1 amide bonds. The number of aromatic nitrogens is 2. The molecule has 32 heavy (non-hydrogen) atoms. The SMILES string of the molecule is O=C(Nc1ccc(N2CCOCC2)c(F)c1)c1cnn(-c2ccc(Cl)cc2Cl)c1C1CC1. The average molecular weight is 475 g/mol. The number of nitrogens with one attached hydrogen (secondary N) is 1. The molecule has 5 rings (SSSR count). The first-order valence-electron chi connectivity index (χ1n) is 10.5. The fraction of sp³-hybridized carbons (Fsp3) is 0.304. The Kier molecular flexibility index (Phi) is 5.80. The maximum absolute atomic E-state index is 14.7. The van der Waals surface area contributed by atoms with Crippen LogP contribution in [0, 0.1) is 5.82 Å². The quantitative estimate of drug-likeness (QED) is 0.545. The van der Waals surface area contributed by atoms with Gasteiger partial charge in [0.25, 0.3) is 5.91 Å². The van der Waals surface area contributed by atoms with Gasteiger partial charge in [-0.3, -0.25) is 4.79 Å². The summed E-state index contributed by atoms with van der Waals surface area (Å²) in [5.74, 6) is -0.483. The van der Waals surface area contributed by atoms with Gasteiger partial charge in [-0.1, -0.05) is 23.2 Å². The molecule has 2 aromatic carbocycles. The highest BCUT2D eigenvalue weighted by atomic mass is 35.5. The van der Waals surface area contributed by atoms with E-state index in [0.717, 1.165) is 18.5 Å². The Morgan fingerprint density at radius 3 is 2.53 bits per heavy atom. The first-order valence-corrected chi connectivity index (χ1v) is 11.2. The molecule has 9 heteroatoms. The van der Waals surface area contributed by atoms with Gasteiger partial charge in [-0.15, -0.1) is 0 Å². The first kappa shape index (κ1) is 21.2. The number of ether oxygens (including phenoxy) is 1. The molecule has 1 aromatic heterocycles. The van der Waals surface area contributed by atoms with Gasteiger partial charge in [0, 0.05) is 29.7 Å². The smallest absolute Gasteiger partial charge is 0.259 e. The zero-order valence-corrected chi connectivity index (χ0v) is 18.7. The highest BCUT2D eigenvalue weighted by Gasteiger charge is 2.33. The van der Waals surface area contributed by atoms with Gasteiger partial charge in [-0.2, -0.15) is 5.10 Å². The molecule has 1 saturated heterocycles. The van der Waals surface area contributed by atoms with Crippen LogP contribution in [0.25, 0.3) is 5.69 Å². The minimum absolute atomic E-state index is 0.227. The van der Waals surface area contributed by atoms with Crippen LogP contribution in [0.3, 0.4) is 0 Å². The molecule has 2 heterocycles. The van der Waals surface area contributed by atoms with Crippen molar-refractivity contribution in [2.75, 3.05) is 36.5 Å². The zero-order chi connectivity index (χ0) is 22.2. The maximum Gasteiger partial charge on any atom is 0.259 e. The zero-order valence-electron chi connectivity index (χ0n) is 17.2. The summed E-state index contributed by atoms with van der Waals surface area (Å²) < 4.78 is 21.8. The average Bonchev–Trinajstić information content (AvgIpc) is 3.52. The Morgan fingerprint density at radius 1 is 1.09 bits per heavy atom.